The van der Waals surface area contributed by atoms with Crippen LogP contribution >= 0.6 is 11.3 Å². The Hall–Kier alpha value is -1.69. The van der Waals surface area contributed by atoms with Gasteiger partial charge < -0.3 is 10.2 Å². The van der Waals surface area contributed by atoms with Crippen molar-refractivity contribution in [3.8, 4) is 0 Å². The average molecular weight is 332 g/mol. The summed E-state index contributed by atoms with van der Waals surface area (Å²) in [7, 11) is 2.13. The van der Waals surface area contributed by atoms with Crippen LogP contribution in [0, 0.1) is 6.92 Å². The monoisotopic (exact) mass is 332 g/mol. The molecule has 0 aromatic carbocycles. The predicted octanol–water partition coefficient (Wildman–Crippen LogP) is 3.52. The van der Waals surface area contributed by atoms with Gasteiger partial charge in [0.1, 0.15) is 17.0 Å². The Morgan fingerprint density at radius 3 is 2.78 bits per heavy atom. The number of aryl methyl sites for hydroxylation is 1. The maximum Gasteiger partial charge on any atom is 0.261 e. The fraction of sp³-hybridized carbons (Fsp3) is 0.588. The molecule has 1 amide bonds. The van der Waals surface area contributed by atoms with Gasteiger partial charge >= 0.3 is 0 Å². The molecule has 1 aliphatic carbocycles. The van der Waals surface area contributed by atoms with Crippen LogP contribution in [-0.4, -0.2) is 35.5 Å². The Morgan fingerprint density at radius 2 is 2.09 bits per heavy atom. The van der Waals surface area contributed by atoms with E-state index < -0.39 is 0 Å². The molecule has 2 aromatic rings. The third-order valence-electron chi connectivity index (χ3n) is 4.71. The minimum absolute atomic E-state index is 0.0146. The number of carbonyl (C=O) groups is 1. The number of rotatable bonds is 4. The number of aromatic nitrogens is 2. The number of anilines is 1. The molecule has 0 aliphatic heterocycles. The van der Waals surface area contributed by atoms with Crippen molar-refractivity contribution in [1.29, 1.82) is 0 Å². The number of hydrogen-bond donors (Lipinski definition) is 1. The Balaban J connectivity index is 2.02. The number of thiophene rings is 1. The van der Waals surface area contributed by atoms with E-state index in [0.717, 1.165) is 26.5 Å². The maximum absolute atomic E-state index is 12.3. The lowest BCUT2D eigenvalue weighted by Crippen LogP contribution is -2.34. The third kappa shape index (κ3) is 3.04. The molecule has 1 fully saturated rings. The smallest absolute Gasteiger partial charge is 0.261 e. The summed E-state index contributed by atoms with van der Waals surface area (Å²) in [6.45, 7) is 4.57. The molecule has 6 heteroatoms. The summed E-state index contributed by atoms with van der Waals surface area (Å²) in [6.07, 6.45) is 7.96. The van der Waals surface area contributed by atoms with Crippen molar-refractivity contribution in [2.75, 3.05) is 18.5 Å². The number of nitrogens with one attached hydrogen (secondary N) is 1. The summed E-state index contributed by atoms with van der Waals surface area (Å²) in [6, 6.07) is 0.536. The van der Waals surface area contributed by atoms with Crippen molar-refractivity contribution >= 4 is 33.3 Å². The van der Waals surface area contributed by atoms with Crippen LogP contribution in [0.2, 0.25) is 0 Å². The minimum atomic E-state index is -0.0146. The number of carbonyl (C=O) groups excluding carboxylic acids is 1. The van der Waals surface area contributed by atoms with Crippen molar-refractivity contribution in [1.82, 2.24) is 15.3 Å². The van der Waals surface area contributed by atoms with Gasteiger partial charge in [0.15, 0.2) is 0 Å². The van der Waals surface area contributed by atoms with Gasteiger partial charge in [-0.05, 0) is 32.3 Å². The van der Waals surface area contributed by atoms with Crippen LogP contribution in [0.1, 0.15) is 54.3 Å². The van der Waals surface area contributed by atoms with Gasteiger partial charge in [0.25, 0.3) is 5.91 Å². The van der Waals surface area contributed by atoms with Gasteiger partial charge in [0.2, 0.25) is 0 Å². The Kier molecular flexibility index (Phi) is 4.80. The van der Waals surface area contributed by atoms with Gasteiger partial charge in [-0.3, -0.25) is 4.79 Å². The van der Waals surface area contributed by atoms with Crippen molar-refractivity contribution in [2.45, 2.75) is 52.0 Å². The standard InChI is InChI=1S/C17H24N4OS/c1-4-18-16(22)14-11(2)13-15(19-10-20-17(13)23-14)21(3)12-8-6-5-7-9-12/h10,12H,4-9H2,1-3H3,(H,18,22). The lowest BCUT2D eigenvalue weighted by molar-refractivity contribution is 0.0959. The lowest BCUT2D eigenvalue weighted by Gasteiger charge is -2.32. The number of nitrogens with zero attached hydrogens (tertiary/aromatic N) is 3. The maximum atomic E-state index is 12.3. The molecular formula is C17H24N4OS. The molecule has 0 spiro atoms. The zero-order valence-electron chi connectivity index (χ0n) is 14.1. The second kappa shape index (κ2) is 6.83. The molecule has 3 rings (SSSR count). The highest BCUT2D eigenvalue weighted by molar-refractivity contribution is 7.20. The zero-order chi connectivity index (χ0) is 16.4. The molecule has 5 nitrogen and oxygen atoms in total. The van der Waals surface area contributed by atoms with E-state index >= 15 is 0 Å². The van der Waals surface area contributed by atoms with E-state index in [1.165, 1.54) is 43.4 Å². The summed E-state index contributed by atoms with van der Waals surface area (Å²) in [5.41, 5.74) is 0.995. The number of amides is 1. The van der Waals surface area contributed by atoms with E-state index in [1.54, 1.807) is 6.33 Å². The predicted molar refractivity (Wildman–Crippen MR) is 95.4 cm³/mol. The van der Waals surface area contributed by atoms with Crippen molar-refractivity contribution in [2.24, 2.45) is 0 Å². The first-order chi connectivity index (χ1) is 11.1. The summed E-state index contributed by atoms with van der Waals surface area (Å²) in [5.74, 6) is 0.950. The lowest BCUT2D eigenvalue weighted by atomic mass is 9.94. The molecule has 1 aliphatic rings. The second-order valence-corrected chi connectivity index (χ2v) is 7.19. The van der Waals surface area contributed by atoms with Crippen LogP contribution in [0.5, 0.6) is 0 Å². The average Bonchev–Trinajstić information content (AvgIpc) is 2.92. The van der Waals surface area contributed by atoms with Gasteiger partial charge in [0, 0.05) is 19.6 Å². The second-order valence-electron chi connectivity index (χ2n) is 6.20. The van der Waals surface area contributed by atoms with Gasteiger partial charge in [-0.15, -0.1) is 11.3 Å². The van der Waals surface area contributed by atoms with E-state index in [9.17, 15) is 4.79 Å². The van der Waals surface area contributed by atoms with Gasteiger partial charge in [0.05, 0.1) is 10.3 Å². The minimum Gasteiger partial charge on any atom is -0.356 e. The summed E-state index contributed by atoms with van der Waals surface area (Å²) < 4.78 is 0. The fourth-order valence-corrected chi connectivity index (χ4v) is 4.48. The van der Waals surface area contributed by atoms with Crippen LogP contribution in [-0.2, 0) is 0 Å². The van der Waals surface area contributed by atoms with Crippen LogP contribution < -0.4 is 10.2 Å². The van der Waals surface area contributed by atoms with Crippen LogP contribution in [0.15, 0.2) is 6.33 Å². The molecule has 124 valence electrons. The summed E-state index contributed by atoms with van der Waals surface area (Å²) in [5, 5.41) is 3.92. The highest BCUT2D eigenvalue weighted by Crippen LogP contribution is 2.36. The van der Waals surface area contributed by atoms with E-state index in [0.29, 0.717) is 12.6 Å². The molecule has 1 N–H and O–H groups in total. The van der Waals surface area contributed by atoms with Crippen molar-refractivity contribution < 1.29 is 4.79 Å². The Bertz CT molecular complexity index is 706. The summed E-state index contributed by atoms with van der Waals surface area (Å²) >= 11 is 1.46. The van der Waals surface area contributed by atoms with E-state index in [4.69, 9.17) is 0 Å². The zero-order valence-corrected chi connectivity index (χ0v) is 14.9. The molecule has 0 saturated heterocycles. The molecule has 0 atom stereocenters. The van der Waals surface area contributed by atoms with Crippen LogP contribution in [0.3, 0.4) is 0 Å². The molecule has 2 heterocycles. The number of hydrogen-bond acceptors (Lipinski definition) is 5. The van der Waals surface area contributed by atoms with Crippen molar-refractivity contribution in [3.63, 3.8) is 0 Å². The van der Waals surface area contributed by atoms with Gasteiger partial charge in [-0.25, -0.2) is 9.97 Å². The van der Waals surface area contributed by atoms with Crippen LogP contribution in [0.4, 0.5) is 5.82 Å². The largest absolute Gasteiger partial charge is 0.356 e. The first-order valence-electron chi connectivity index (χ1n) is 8.38. The molecule has 23 heavy (non-hydrogen) atoms. The van der Waals surface area contributed by atoms with Crippen LogP contribution in [0.25, 0.3) is 10.2 Å². The molecule has 0 radical (unpaired) electrons. The molecule has 0 bridgehead atoms. The fourth-order valence-electron chi connectivity index (χ4n) is 3.42. The summed E-state index contributed by atoms with van der Waals surface area (Å²) in [4.78, 5) is 25.1. The molecule has 1 saturated carbocycles. The Morgan fingerprint density at radius 1 is 1.35 bits per heavy atom. The molecule has 2 aromatic heterocycles. The van der Waals surface area contributed by atoms with Gasteiger partial charge in [-0.2, -0.15) is 0 Å². The van der Waals surface area contributed by atoms with Crippen molar-refractivity contribution in [3.05, 3.63) is 16.8 Å². The normalized spacial score (nSPS) is 15.8. The quantitative estimate of drug-likeness (QED) is 0.931. The van der Waals surface area contributed by atoms with E-state index in [-0.39, 0.29) is 5.91 Å². The SMILES string of the molecule is CCNC(=O)c1sc2ncnc(N(C)C3CCCCC3)c2c1C. The first kappa shape index (κ1) is 16.2. The van der Waals surface area contributed by atoms with E-state index in [2.05, 4.69) is 27.2 Å². The van der Waals surface area contributed by atoms with Gasteiger partial charge in [-0.1, -0.05) is 19.3 Å². The highest BCUT2D eigenvalue weighted by atomic mass is 32.1. The highest BCUT2D eigenvalue weighted by Gasteiger charge is 2.24. The molecular weight excluding hydrogens is 308 g/mol. The van der Waals surface area contributed by atoms with E-state index in [1.807, 2.05) is 13.8 Å². The number of fused-ring (bicyclic) bond motifs is 1. The first-order valence-corrected chi connectivity index (χ1v) is 9.20. The molecule has 0 unspecified atom stereocenters. The Labute approximate surface area is 141 Å². The topological polar surface area (TPSA) is 58.1 Å². The third-order valence-corrected chi connectivity index (χ3v) is 5.91.